The number of nitrogens with zero attached hydrogens (tertiary/aromatic N) is 6. The highest BCUT2D eigenvalue weighted by Gasteiger charge is 2.20. The molecule has 0 aliphatic carbocycles. The van der Waals surface area contributed by atoms with Gasteiger partial charge in [0, 0.05) is 18.8 Å². The largest absolute Gasteiger partial charge is 0.317 e. The van der Waals surface area contributed by atoms with E-state index in [4.69, 9.17) is 0 Å². The fraction of sp³-hybridized carbons (Fsp3) is 0.130. The van der Waals surface area contributed by atoms with Gasteiger partial charge in [-0.05, 0) is 36.8 Å². The number of benzene rings is 2. The van der Waals surface area contributed by atoms with Crippen LogP contribution in [0.15, 0.2) is 79.3 Å². The first-order valence-electron chi connectivity index (χ1n) is 9.51. The first-order chi connectivity index (χ1) is 14.2. The van der Waals surface area contributed by atoms with Gasteiger partial charge in [-0.25, -0.2) is 9.67 Å². The Labute approximate surface area is 168 Å². The van der Waals surface area contributed by atoms with Crippen LogP contribution in [0.1, 0.15) is 23.0 Å². The van der Waals surface area contributed by atoms with Crippen LogP contribution in [0.5, 0.6) is 0 Å². The number of aryl methyl sites for hydroxylation is 2. The van der Waals surface area contributed by atoms with Crippen LogP contribution in [0.4, 0.5) is 0 Å². The standard InChI is InChI=1S/C23H20N6/c1-16-22(28(2)27-26-16)18-11-12-19-21(14-18)29(15-25-19)23(17-8-4-3-5-9-17)20-10-6-7-13-24-20/h3-15,23H,1-2H3/t23-/m1/s1. The van der Waals surface area contributed by atoms with Gasteiger partial charge in [0.2, 0.25) is 0 Å². The third-order valence-electron chi connectivity index (χ3n) is 5.20. The van der Waals surface area contributed by atoms with E-state index in [2.05, 4.69) is 67.3 Å². The Balaban J connectivity index is 1.73. The monoisotopic (exact) mass is 380 g/mol. The highest BCUT2D eigenvalue weighted by atomic mass is 15.4. The Bertz CT molecular complexity index is 1210. The van der Waals surface area contributed by atoms with Crippen LogP contribution in [0.3, 0.4) is 0 Å². The second-order valence-electron chi connectivity index (χ2n) is 7.07. The number of hydrogen-bond donors (Lipinski definition) is 0. The van der Waals surface area contributed by atoms with Crippen molar-refractivity contribution >= 4 is 11.0 Å². The number of rotatable bonds is 4. The van der Waals surface area contributed by atoms with E-state index in [0.29, 0.717) is 0 Å². The van der Waals surface area contributed by atoms with E-state index in [1.807, 2.05) is 55.4 Å². The van der Waals surface area contributed by atoms with Gasteiger partial charge in [-0.15, -0.1) is 5.10 Å². The maximum atomic E-state index is 4.65. The Morgan fingerprint density at radius 3 is 2.45 bits per heavy atom. The molecule has 0 bridgehead atoms. The van der Waals surface area contributed by atoms with E-state index in [0.717, 1.165) is 39.2 Å². The molecule has 0 aliphatic heterocycles. The predicted molar refractivity (Wildman–Crippen MR) is 112 cm³/mol. The summed E-state index contributed by atoms with van der Waals surface area (Å²) in [5, 5.41) is 8.34. The van der Waals surface area contributed by atoms with E-state index in [1.165, 1.54) is 0 Å². The van der Waals surface area contributed by atoms with Gasteiger partial charge in [-0.3, -0.25) is 4.98 Å². The molecule has 0 fully saturated rings. The van der Waals surface area contributed by atoms with E-state index in [9.17, 15) is 0 Å². The van der Waals surface area contributed by atoms with Gasteiger partial charge in [0.15, 0.2) is 0 Å². The lowest BCUT2D eigenvalue weighted by molar-refractivity contribution is 0.676. The number of aromatic nitrogens is 6. The summed E-state index contributed by atoms with van der Waals surface area (Å²) in [7, 11) is 1.91. The van der Waals surface area contributed by atoms with Crippen LogP contribution < -0.4 is 0 Å². The summed E-state index contributed by atoms with van der Waals surface area (Å²) in [5.74, 6) is 0. The zero-order chi connectivity index (χ0) is 19.8. The molecule has 2 aromatic carbocycles. The molecule has 6 nitrogen and oxygen atoms in total. The van der Waals surface area contributed by atoms with Crippen LogP contribution in [-0.4, -0.2) is 29.5 Å². The van der Waals surface area contributed by atoms with Gasteiger partial charge in [-0.2, -0.15) is 0 Å². The first-order valence-corrected chi connectivity index (χ1v) is 9.51. The molecule has 142 valence electrons. The number of fused-ring (bicyclic) bond motifs is 1. The number of pyridine rings is 1. The molecule has 0 spiro atoms. The minimum atomic E-state index is -0.0663. The summed E-state index contributed by atoms with van der Waals surface area (Å²) in [6, 6.07) is 22.6. The smallest absolute Gasteiger partial charge is 0.102 e. The van der Waals surface area contributed by atoms with E-state index >= 15 is 0 Å². The molecule has 5 rings (SSSR count). The average Bonchev–Trinajstić information content (AvgIpc) is 3.32. The average molecular weight is 380 g/mol. The molecule has 1 atom stereocenters. The maximum absolute atomic E-state index is 4.65. The molecule has 6 heteroatoms. The topological polar surface area (TPSA) is 61.4 Å². The minimum Gasteiger partial charge on any atom is -0.317 e. The molecular formula is C23H20N6. The normalized spacial score (nSPS) is 12.3. The summed E-state index contributed by atoms with van der Waals surface area (Å²) < 4.78 is 4.00. The molecule has 0 amide bonds. The fourth-order valence-electron chi connectivity index (χ4n) is 3.88. The molecule has 29 heavy (non-hydrogen) atoms. The van der Waals surface area contributed by atoms with Crippen LogP contribution in [0.25, 0.3) is 22.3 Å². The molecule has 3 aromatic heterocycles. The SMILES string of the molecule is Cc1nnn(C)c1-c1ccc2ncn([C@H](c3ccccc3)c3ccccn3)c2c1. The van der Waals surface area contributed by atoms with Crippen molar-refractivity contribution in [1.82, 2.24) is 29.5 Å². The summed E-state index contributed by atoms with van der Waals surface area (Å²) >= 11 is 0. The van der Waals surface area contributed by atoms with Crippen molar-refractivity contribution in [2.24, 2.45) is 7.05 Å². The Morgan fingerprint density at radius 1 is 0.897 bits per heavy atom. The van der Waals surface area contributed by atoms with Crippen LogP contribution in [0, 0.1) is 6.92 Å². The highest BCUT2D eigenvalue weighted by Crippen LogP contribution is 2.31. The molecule has 0 unspecified atom stereocenters. The van der Waals surface area contributed by atoms with Crippen molar-refractivity contribution in [3.8, 4) is 11.3 Å². The first kappa shape index (κ1) is 17.3. The van der Waals surface area contributed by atoms with Gasteiger partial charge >= 0.3 is 0 Å². The van der Waals surface area contributed by atoms with Gasteiger partial charge in [0.05, 0.1) is 34.4 Å². The summed E-state index contributed by atoms with van der Waals surface area (Å²) in [6.07, 6.45) is 3.73. The lowest BCUT2D eigenvalue weighted by atomic mass is 10.0. The summed E-state index contributed by atoms with van der Waals surface area (Å²) in [6.45, 7) is 1.98. The van der Waals surface area contributed by atoms with Gasteiger partial charge in [0.25, 0.3) is 0 Å². The Morgan fingerprint density at radius 2 is 1.72 bits per heavy atom. The third-order valence-corrected chi connectivity index (χ3v) is 5.20. The number of imidazole rings is 1. The lowest BCUT2D eigenvalue weighted by Gasteiger charge is -2.20. The van der Waals surface area contributed by atoms with Gasteiger partial charge < -0.3 is 4.57 Å². The Kier molecular flexibility index (Phi) is 4.17. The van der Waals surface area contributed by atoms with E-state index in [1.54, 1.807) is 0 Å². The predicted octanol–water partition coefficient (Wildman–Crippen LogP) is 4.17. The Hall–Kier alpha value is -3.80. The van der Waals surface area contributed by atoms with Crippen molar-refractivity contribution in [2.45, 2.75) is 13.0 Å². The molecule has 5 aromatic rings. The van der Waals surface area contributed by atoms with Crippen LogP contribution in [0.2, 0.25) is 0 Å². The van der Waals surface area contributed by atoms with Crippen molar-refractivity contribution in [1.29, 1.82) is 0 Å². The van der Waals surface area contributed by atoms with Crippen LogP contribution >= 0.6 is 0 Å². The van der Waals surface area contributed by atoms with Crippen molar-refractivity contribution in [3.63, 3.8) is 0 Å². The summed E-state index contributed by atoms with van der Waals surface area (Å²) in [5.41, 5.74) is 7.10. The number of hydrogen-bond acceptors (Lipinski definition) is 4. The second-order valence-corrected chi connectivity index (χ2v) is 7.07. The highest BCUT2D eigenvalue weighted by molar-refractivity contribution is 5.82. The van der Waals surface area contributed by atoms with Crippen LogP contribution in [-0.2, 0) is 7.05 Å². The zero-order valence-electron chi connectivity index (χ0n) is 16.3. The molecule has 3 heterocycles. The second kappa shape index (κ2) is 6.98. The fourth-order valence-corrected chi connectivity index (χ4v) is 3.88. The van der Waals surface area contributed by atoms with Crippen molar-refractivity contribution in [3.05, 3.63) is 96.2 Å². The van der Waals surface area contributed by atoms with Crippen molar-refractivity contribution in [2.75, 3.05) is 0 Å². The zero-order valence-corrected chi connectivity index (χ0v) is 16.3. The molecule has 0 radical (unpaired) electrons. The summed E-state index contributed by atoms with van der Waals surface area (Å²) in [4.78, 5) is 9.30. The molecular weight excluding hydrogens is 360 g/mol. The molecule has 0 saturated carbocycles. The van der Waals surface area contributed by atoms with Gasteiger partial charge in [-0.1, -0.05) is 47.7 Å². The molecule has 0 N–H and O–H groups in total. The molecule has 0 aliphatic rings. The molecule has 0 saturated heterocycles. The lowest BCUT2D eigenvalue weighted by Crippen LogP contribution is -2.12. The van der Waals surface area contributed by atoms with Crippen molar-refractivity contribution < 1.29 is 0 Å². The van der Waals surface area contributed by atoms with E-state index in [-0.39, 0.29) is 6.04 Å². The third kappa shape index (κ3) is 2.99. The minimum absolute atomic E-state index is 0.0663. The van der Waals surface area contributed by atoms with E-state index < -0.39 is 0 Å². The maximum Gasteiger partial charge on any atom is 0.102 e. The van der Waals surface area contributed by atoms with Gasteiger partial charge in [0.1, 0.15) is 6.04 Å². The quantitative estimate of drug-likeness (QED) is 0.469.